The zero-order valence-electron chi connectivity index (χ0n) is 13.7. The lowest BCUT2D eigenvalue weighted by Crippen LogP contribution is -2.14. The van der Waals surface area contributed by atoms with Crippen LogP contribution in [0.2, 0.25) is 0 Å². The van der Waals surface area contributed by atoms with Crippen LogP contribution >= 0.6 is 0 Å². The van der Waals surface area contributed by atoms with E-state index in [4.69, 9.17) is 9.47 Å². The van der Waals surface area contributed by atoms with Gasteiger partial charge in [-0.15, -0.1) is 0 Å². The molecule has 0 aromatic heterocycles. The lowest BCUT2D eigenvalue weighted by molar-refractivity contribution is 0.146. The molecule has 1 aromatic rings. The van der Waals surface area contributed by atoms with Gasteiger partial charge < -0.3 is 14.8 Å². The molecule has 0 heterocycles. The highest BCUT2D eigenvalue weighted by Gasteiger charge is 1.96. The monoisotopic (exact) mass is 293 g/mol. The number of hydrogen-bond acceptors (Lipinski definition) is 3. The first-order chi connectivity index (χ1) is 10.4. The summed E-state index contributed by atoms with van der Waals surface area (Å²) in [5, 5.41) is 3.50. The Labute approximate surface area is 130 Å². The molecule has 120 valence electrons. The first-order valence-corrected chi connectivity index (χ1v) is 8.28. The highest BCUT2D eigenvalue weighted by Crippen LogP contribution is 2.12. The standard InChI is InChI=1S/C18H31NO2/c1-3-4-5-6-7-8-13-19-16-17-9-11-18(12-10-17)21-15-14-20-2/h9-12,19H,3-8,13-16H2,1-2H3. The van der Waals surface area contributed by atoms with Gasteiger partial charge in [0.1, 0.15) is 12.4 Å². The topological polar surface area (TPSA) is 30.5 Å². The molecule has 0 fully saturated rings. The molecule has 0 unspecified atom stereocenters. The van der Waals surface area contributed by atoms with Crippen molar-refractivity contribution in [3.05, 3.63) is 29.8 Å². The van der Waals surface area contributed by atoms with Gasteiger partial charge in [-0.2, -0.15) is 0 Å². The number of benzene rings is 1. The van der Waals surface area contributed by atoms with Crippen molar-refractivity contribution in [3.8, 4) is 5.75 Å². The maximum absolute atomic E-state index is 5.55. The summed E-state index contributed by atoms with van der Waals surface area (Å²) in [5.41, 5.74) is 1.31. The largest absolute Gasteiger partial charge is 0.491 e. The van der Waals surface area contributed by atoms with Crippen LogP contribution in [-0.4, -0.2) is 26.9 Å². The number of hydrogen-bond donors (Lipinski definition) is 1. The maximum Gasteiger partial charge on any atom is 0.119 e. The van der Waals surface area contributed by atoms with Gasteiger partial charge in [-0.05, 0) is 30.7 Å². The lowest BCUT2D eigenvalue weighted by Gasteiger charge is -2.08. The van der Waals surface area contributed by atoms with Crippen molar-refractivity contribution in [1.82, 2.24) is 5.32 Å². The van der Waals surface area contributed by atoms with E-state index in [1.165, 1.54) is 44.1 Å². The van der Waals surface area contributed by atoms with Crippen molar-refractivity contribution in [3.63, 3.8) is 0 Å². The lowest BCUT2D eigenvalue weighted by atomic mass is 10.1. The molecule has 0 bridgehead atoms. The predicted molar refractivity (Wildman–Crippen MR) is 88.9 cm³/mol. The molecule has 0 spiro atoms. The number of ether oxygens (including phenoxy) is 2. The molecule has 0 aliphatic carbocycles. The number of methoxy groups -OCH3 is 1. The fourth-order valence-corrected chi connectivity index (χ4v) is 2.21. The van der Waals surface area contributed by atoms with Gasteiger partial charge in [0.25, 0.3) is 0 Å². The molecule has 0 saturated carbocycles. The van der Waals surface area contributed by atoms with E-state index in [1.807, 2.05) is 12.1 Å². The normalized spacial score (nSPS) is 10.8. The van der Waals surface area contributed by atoms with Crippen molar-refractivity contribution in [2.24, 2.45) is 0 Å². The minimum Gasteiger partial charge on any atom is -0.491 e. The number of nitrogens with one attached hydrogen (secondary N) is 1. The highest BCUT2D eigenvalue weighted by molar-refractivity contribution is 5.27. The third-order valence-corrected chi connectivity index (χ3v) is 3.52. The maximum atomic E-state index is 5.55. The van der Waals surface area contributed by atoms with Crippen LogP contribution in [0.25, 0.3) is 0 Å². The van der Waals surface area contributed by atoms with Crippen molar-refractivity contribution >= 4 is 0 Å². The molecule has 3 heteroatoms. The van der Waals surface area contributed by atoms with Crippen LogP contribution in [0.3, 0.4) is 0 Å². The molecular formula is C18H31NO2. The number of rotatable bonds is 13. The van der Waals surface area contributed by atoms with Crippen LogP contribution in [0, 0.1) is 0 Å². The van der Waals surface area contributed by atoms with Crippen LogP contribution in [0.15, 0.2) is 24.3 Å². The molecule has 0 amide bonds. The van der Waals surface area contributed by atoms with E-state index < -0.39 is 0 Å². The van der Waals surface area contributed by atoms with Crippen LogP contribution in [0.4, 0.5) is 0 Å². The predicted octanol–water partition coefficient (Wildman–Crippen LogP) is 4.16. The van der Waals surface area contributed by atoms with Crippen LogP contribution in [0.1, 0.15) is 51.0 Å². The smallest absolute Gasteiger partial charge is 0.119 e. The Morgan fingerprint density at radius 2 is 1.62 bits per heavy atom. The van der Waals surface area contributed by atoms with E-state index in [-0.39, 0.29) is 0 Å². The Morgan fingerprint density at radius 3 is 2.33 bits per heavy atom. The summed E-state index contributed by atoms with van der Waals surface area (Å²) in [6.07, 6.45) is 8.10. The molecule has 0 aliphatic rings. The Kier molecular flexibility index (Phi) is 10.8. The summed E-state index contributed by atoms with van der Waals surface area (Å²) in [6, 6.07) is 8.29. The molecule has 0 radical (unpaired) electrons. The van der Waals surface area contributed by atoms with Gasteiger partial charge >= 0.3 is 0 Å². The van der Waals surface area contributed by atoms with Crippen LogP contribution < -0.4 is 10.1 Å². The zero-order valence-corrected chi connectivity index (χ0v) is 13.7. The summed E-state index contributed by atoms with van der Waals surface area (Å²) in [5.74, 6) is 0.909. The third-order valence-electron chi connectivity index (χ3n) is 3.52. The fourth-order valence-electron chi connectivity index (χ4n) is 2.21. The minimum atomic E-state index is 0.603. The van der Waals surface area contributed by atoms with E-state index in [0.717, 1.165) is 18.8 Å². The average molecular weight is 293 g/mol. The summed E-state index contributed by atoms with van der Waals surface area (Å²) in [7, 11) is 1.68. The second kappa shape index (κ2) is 12.7. The second-order valence-electron chi connectivity index (χ2n) is 5.43. The molecule has 1 aromatic carbocycles. The fraction of sp³-hybridized carbons (Fsp3) is 0.667. The first-order valence-electron chi connectivity index (χ1n) is 8.28. The van der Waals surface area contributed by atoms with E-state index in [9.17, 15) is 0 Å². The second-order valence-corrected chi connectivity index (χ2v) is 5.43. The molecule has 0 aliphatic heterocycles. The van der Waals surface area contributed by atoms with Crippen molar-refractivity contribution < 1.29 is 9.47 Å². The SMILES string of the molecule is CCCCCCCCNCc1ccc(OCCOC)cc1. The molecule has 21 heavy (non-hydrogen) atoms. The van der Waals surface area contributed by atoms with Gasteiger partial charge in [-0.1, -0.05) is 51.2 Å². The Balaban J connectivity index is 2.04. The first kappa shape index (κ1) is 18.0. The van der Waals surface area contributed by atoms with E-state index >= 15 is 0 Å². The Morgan fingerprint density at radius 1 is 0.905 bits per heavy atom. The molecule has 3 nitrogen and oxygen atoms in total. The van der Waals surface area contributed by atoms with E-state index in [1.54, 1.807) is 7.11 Å². The van der Waals surface area contributed by atoms with Gasteiger partial charge in [0.15, 0.2) is 0 Å². The quantitative estimate of drug-likeness (QED) is 0.554. The minimum absolute atomic E-state index is 0.603. The van der Waals surface area contributed by atoms with Crippen molar-refractivity contribution in [1.29, 1.82) is 0 Å². The summed E-state index contributed by atoms with van der Waals surface area (Å²) < 4.78 is 10.5. The third kappa shape index (κ3) is 9.48. The molecule has 0 saturated heterocycles. The van der Waals surface area contributed by atoms with Gasteiger partial charge in [0, 0.05) is 13.7 Å². The van der Waals surface area contributed by atoms with Crippen molar-refractivity contribution in [2.75, 3.05) is 26.9 Å². The van der Waals surface area contributed by atoms with Gasteiger partial charge in [-0.3, -0.25) is 0 Å². The summed E-state index contributed by atoms with van der Waals surface area (Å²) in [4.78, 5) is 0. The summed E-state index contributed by atoms with van der Waals surface area (Å²) >= 11 is 0. The van der Waals surface area contributed by atoms with E-state index in [2.05, 4.69) is 24.4 Å². The Hall–Kier alpha value is -1.06. The average Bonchev–Trinajstić information content (AvgIpc) is 2.52. The van der Waals surface area contributed by atoms with Crippen LogP contribution in [-0.2, 0) is 11.3 Å². The van der Waals surface area contributed by atoms with Gasteiger partial charge in [0.05, 0.1) is 6.61 Å². The zero-order chi connectivity index (χ0) is 15.2. The number of unbranched alkanes of at least 4 members (excludes halogenated alkanes) is 5. The van der Waals surface area contributed by atoms with Crippen molar-refractivity contribution in [2.45, 2.75) is 52.0 Å². The Bertz CT molecular complexity index is 338. The van der Waals surface area contributed by atoms with Gasteiger partial charge in [-0.25, -0.2) is 0 Å². The molecule has 1 N–H and O–H groups in total. The summed E-state index contributed by atoms with van der Waals surface area (Å²) in [6.45, 7) is 5.54. The van der Waals surface area contributed by atoms with E-state index in [0.29, 0.717) is 13.2 Å². The van der Waals surface area contributed by atoms with Crippen LogP contribution in [0.5, 0.6) is 5.75 Å². The highest BCUT2D eigenvalue weighted by atomic mass is 16.5. The van der Waals surface area contributed by atoms with Gasteiger partial charge in [0.2, 0.25) is 0 Å². The molecule has 1 rings (SSSR count). The molecular weight excluding hydrogens is 262 g/mol. The molecule has 0 atom stereocenters.